The van der Waals surface area contributed by atoms with Crippen LogP contribution in [0.3, 0.4) is 0 Å². The molecule has 0 saturated carbocycles. The van der Waals surface area contributed by atoms with Gasteiger partial charge in [0.15, 0.2) is 11.8 Å². The number of piperidine rings is 2. The molecule has 0 aliphatic carbocycles. The Kier molecular flexibility index (Phi) is 4.27. The van der Waals surface area contributed by atoms with Crippen LogP contribution in [0.1, 0.15) is 25.7 Å². The quantitative estimate of drug-likeness (QED) is 0.695. The smallest absolute Gasteiger partial charge is 0.419 e. The van der Waals surface area contributed by atoms with Crippen LogP contribution in [0.2, 0.25) is 0 Å². The third-order valence-corrected chi connectivity index (χ3v) is 5.87. The van der Waals surface area contributed by atoms with Crippen LogP contribution in [0.5, 0.6) is 11.6 Å². The Bertz CT molecular complexity index is 1110. The lowest BCUT2D eigenvalue weighted by Crippen LogP contribution is -2.59. The molecule has 1 aromatic carbocycles. The third kappa shape index (κ3) is 3.15. The number of nitrogens with one attached hydrogen (secondary N) is 1. The average Bonchev–Trinajstić information content (AvgIpc) is 3.00. The number of nitrogens with zero attached hydrogens (tertiary/aromatic N) is 3. The van der Waals surface area contributed by atoms with Crippen LogP contribution < -0.4 is 15.8 Å². The van der Waals surface area contributed by atoms with Crippen molar-refractivity contribution in [1.82, 2.24) is 20.1 Å². The Morgan fingerprint density at radius 2 is 2.17 bits per heavy atom. The van der Waals surface area contributed by atoms with Crippen molar-refractivity contribution in [2.75, 3.05) is 0 Å². The number of alkyl halides is 1. The SMILES string of the molecule is Cn1c(=O)oc2cc(-c3ccc(O[C@H]4C[C@@H]5CCC[C@@H](N5)[C@H]4F)nn3)c(O)cc21. The normalized spacial score (nSPS) is 26.6. The van der Waals surface area contributed by atoms with E-state index in [1.165, 1.54) is 10.6 Å². The number of oxazole rings is 1. The van der Waals surface area contributed by atoms with E-state index in [2.05, 4.69) is 15.5 Å². The van der Waals surface area contributed by atoms with Gasteiger partial charge in [0, 0.05) is 43.2 Å². The molecule has 9 heteroatoms. The summed E-state index contributed by atoms with van der Waals surface area (Å²) in [6.45, 7) is 0. The maximum atomic E-state index is 14.7. The summed E-state index contributed by atoms with van der Waals surface area (Å²) in [6.07, 6.45) is 1.87. The maximum Gasteiger partial charge on any atom is 0.419 e. The molecule has 2 N–H and O–H groups in total. The summed E-state index contributed by atoms with van der Waals surface area (Å²) in [5.74, 6) is -0.320. The van der Waals surface area contributed by atoms with Crippen molar-refractivity contribution in [2.24, 2.45) is 7.05 Å². The predicted octanol–water partition coefficient (Wildman–Crippen LogP) is 2.29. The van der Waals surface area contributed by atoms with E-state index in [1.807, 2.05) is 0 Å². The summed E-state index contributed by atoms with van der Waals surface area (Å²) < 4.78 is 27.0. The fraction of sp³-hybridized carbons (Fsp3) is 0.450. The number of rotatable bonds is 3. The van der Waals surface area contributed by atoms with Gasteiger partial charge in [-0.3, -0.25) is 4.57 Å². The zero-order valence-electron chi connectivity index (χ0n) is 15.8. The lowest BCUT2D eigenvalue weighted by atomic mass is 9.84. The van der Waals surface area contributed by atoms with Gasteiger partial charge in [0.1, 0.15) is 11.9 Å². The van der Waals surface area contributed by atoms with Gasteiger partial charge in [-0.05, 0) is 25.0 Å². The number of aryl methyl sites for hydroxylation is 1. The number of hydrogen-bond donors (Lipinski definition) is 2. The van der Waals surface area contributed by atoms with Crippen molar-refractivity contribution < 1.29 is 18.7 Å². The first-order valence-corrected chi connectivity index (χ1v) is 9.73. The molecule has 2 fully saturated rings. The molecule has 2 aliphatic rings. The molecular formula is C20H21FN4O4. The van der Waals surface area contributed by atoms with Gasteiger partial charge >= 0.3 is 5.76 Å². The van der Waals surface area contributed by atoms with E-state index in [4.69, 9.17) is 9.15 Å². The van der Waals surface area contributed by atoms with Gasteiger partial charge in [-0.2, -0.15) is 0 Å². The first-order chi connectivity index (χ1) is 14.0. The van der Waals surface area contributed by atoms with E-state index in [0.717, 1.165) is 19.3 Å². The van der Waals surface area contributed by atoms with E-state index < -0.39 is 18.0 Å². The highest BCUT2D eigenvalue weighted by molar-refractivity contribution is 5.83. The van der Waals surface area contributed by atoms with Crippen molar-refractivity contribution in [2.45, 2.75) is 50.0 Å². The molecule has 0 radical (unpaired) electrons. The lowest BCUT2D eigenvalue weighted by molar-refractivity contribution is 0.00652. The van der Waals surface area contributed by atoms with Gasteiger partial charge in [0.05, 0.1) is 11.2 Å². The first kappa shape index (κ1) is 18.1. The summed E-state index contributed by atoms with van der Waals surface area (Å²) in [5, 5.41) is 21.8. The molecule has 0 unspecified atom stereocenters. The highest BCUT2D eigenvalue weighted by atomic mass is 19.1. The lowest BCUT2D eigenvalue weighted by Gasteiger charge is -2.42. The summed E-state index contributed by atoms with van der Waals surface area (Å²) in [6, 6.07) is 6.36. The van der Waals surface area contributed by atoms with E-state index in [9.17, 15) is 14.3 Å². The molecule has 3 aromatic rings. The van der Waals surface area contributed by atoms with Crippen LogP contribution in [0.15, 0.2) is 33.5 Å². The molecule has 0 spiro atoms. The standard InChI is InChI=1S/C20H21FN4O4/c1-25-14-9-15(26)11(8-16(14)29-20(25)27)12-5-6-18(24-23-12)28-17-7-10-3-2-4-13(22-10)19(17)21/h5-6,8-10,13,17,19,22,26H,2-4,7H2,1H3/t10-,13+,17-,19+/m0/s1. The maximum absolute atomic E-state index is 14.7. The third-order valence-electron chi connectivity index (χ3n) is 5.87. The first-order valence-electron chi connectivity index (χ1n) is 9.73. The van der Waals surface area contributed by atoms with Gasteiger partial charge < -0.3 is 19.6 Å². The van der Waals surface area contributed by atoms with Crippen molar-refractivity contribution in [1.29, 1.82) is 0 Å². The topological polar surface area (TPSA) is 102 Å². The van der Waals surface area contributed by atoms with E-state index in [1.54, 1.807) is 25.2 Å². The molecule has 4 atom stereocenters. The number of phenols is 1. The van der Waals surface area contributed by atoms with Gasteiger partial charge in [-0.25, -0.2) is 9.18 Å². The molecule has 0 amide bonds. The molecule has 152 valence electrons. The fourth-order valence-corrected chi connectivity index (χ4v) is 4.32. The Labute approximate surface area is 165 Å². The molecule has 2 aromatic heterocycles. The second-order valence-electron chi connectivity index (χ2n) is 7.76. The van der Waals surface area contributed by atoms with Gasteiger partial charge in [0.2, 0.25) is 5.88 Å². The second kappa shape index (κ2) is 6.84. The number of fused-ring (bicyclic) bond motifs is 3. The molecule has 2 saturated heterocycles. The Morgan fingerprint density at radius 1 is 1.31 bits per heavy atom. The molecule has 5 rings (SSSR count). The predicted molar refractivity (Wildman–Crippen MR) is 103 cm³/mol. The van der Waals surface area contributed by atoms with E-state index in [-0.39, 0.29) is 23.7 Å². The Hall–Kier alpha value is -2.94. The monoisotopic (exact) mass is 400 g/mol. The van der Waals surface area contributed by atoms with Crippen LogP contribution >= 0.6 is 0 Å². The van der Waals surface area contributed by atoms with Crippen molar-refractivity contribution in [3.8, 4) is 22.9 Å². The zero-order chi connectivity index (χ0) is 20.1. The van der Waals surface area contributed by atoms with Crippen LogP contribution in [-0.2, 0) is 7.05 Å². The molecule has 29 heavy (non-hydrogen) atoms. The average molecular weight is 400 g/mol. The van der Waals surface area contributed by atoms with Crippen molar-refractivity contribution in [3.63, 3.8) is 0 Å². The van der Waals surface area contributed by atoms with Crippen molar-refractivity contribution in [3.05, 3.63) is 34.8 Å². The van der Waals surface area contributed by atoms with Crippen molar-refractivity contribution >= 4 is 11.1 Å². The molecule has 2 aliphatic heterocycles. The minimum absolute atomic E-state index is 0.0492. The minimum atomic E-state index is -1.08. The fourth-order valence-electron chi connectivity index (χ4n) is 4.32. The van der Waals surface area contributed by atoms with E-state index >= 15 is 0 Å². The number of aromatic nitrogens is 3. The molecular weight excluding hydrogens is 379 g/mol. The summed E-state index contributed by atoms with van der Waals surface area (Å²) >= 11 is 0. The molecule has 8 nitrogen and oxygen atoms in total. The highest BCUT2D eigenvalue weighted by Gasteiger charge is 2.41. The highest BCUT2D eigenvalue weighted by Crippen LogP contribution is 2.33. The number of hydrogen-bond acceptors (Lipinski definition) is 7. The second-order valence-corrected chi connectivity index (χ2v) is 7.76. The van der Waals surface area contributed by atoms with Gasteiger partial charge in [0.25, 0.3) is 0 Å². The minimum Gasteiger partial charge on any atom is -0.507 e. The zero-order valence-corrected chi connectivity index (χ0v) is 15.8. The van der Waals surface area contributed by atoms with Crippen LogP contribution in [-0.4, -0.2) is 44.2 Å². The molecule has 4 heterocycles. The number of halogens is 1. The largest absolute Gasteiger partial charge is 0.507 e. The number of aromatic hydroxyl groups is 1. The summed E-state index contributed by atoms with van der Waals surface area (Å²) in [4.78, 5) is 11.7. The number of phenolic OH excluding ortho intramolecular Hbond substituents is 1. The molecule has 2 bridgehead atoms. The summed E-state index contributed by atoms with van der Waals surface area (Å²) in [5.41, 5.74) is 1.59. The Morgan fingerprint density at radius 3 is 2.97 bits per heavy atom. The van der Waals surface area contributed by atoms with Crippen LogP contribution in [0.4, 0.5) is 4.39 Å². The number of benzene rings is 1. The van der Waals surface area contributed by atoms with Gasteiger partial charge in [-0.15, -0.1) is 10.2 Å². The van der Waals surface area contributed by atoms with Crippen LogP contribution in [0.25, 0.3) is 22.4 Å². The van der Waals surface area contributed by atoms with Gasteiger partial charge in [-0.1, -0.05) is 6.42 Å². The van der Waals surface area contributed by atoms with Crippen LogP contribution in [0, 0.1) is 0 Å². The Balaban J connectivity index is 1.38. The summed E-state index contributed by atoms with van der Waals surface area (Å²) in [7, 11) is 1.56. The van der Waals surface area contributed by atoms with E-state index in [0.29, 0.717) is 28.8 Å². The number of ether oxygens (including phenoxy) is 1.